The van der Waals surface area contributed by atoms with Gasteiger partial charge in [0, 0.05) is 32.8 Å². The van der Waals surface area contributed by atoms with Crippen LogP contribution in [0.1, 0.15) is 33.1 Å². The van der Waals surface area contributed by atoms with Crippen LogP contribution in [0.4, 0.5) is 0 Å². The second-order valence-corrected chi connectivity index (χ2v) is 5.95. The van der Waals surface area contributed by atoms with Gasteiger partial charge in [-0.1, -0.05) is 13.8 Å². The molecule has 2 N–H and O–H groups in total. The molecule has 5 heteroatoms. The van der Waals surface area contributed by atoms with Crippen molar-refractivity contribution in [2.45, 2.75) is 39.2 Å². The van der Waals surface area contributed by atoms with Gasteiger partial charge in [-0.2, -0.15) is 0 Å². The molecule has 1 fully saturated rings. The van der Waals surface area contributed by atoms with Crippen molar-refractivity contribution in [1.29, 1.82) is 0 Å². The zero-order valence-electron chi connectivity index (χ0n) is 13.6. The molecular weight excluding hydrogens is 252 g/mol. The van der Waals surface area contributed by atoms with Crippen LogP contribution in [0.2, 0.25) is 0 Å². The largest absolute Gasteiger partial charge is 0.380 e. The Labute approximate surface area is 124 Å². The first-order valence-electron chi connectivity index (χ1n) is 7.86. The molecule has 118 valence electrons. The van der Waals surface area contributed by atoms with Gasteiger partial charge < -0.3 is 20.3 Å². The van der Waals surface area contributed by atoms with E-state index in [0.717, 1.165) is 38.7 Å². The van der Waals surface area contributed by atoms with Crippen LogP contribution in [0, 0.1) is 5.92 Å². The first-order valence-corrected chi connectivity index (χ1v) is 7.86. The number of guanidine groups is 1. The van der Waals surface area contributed by atoms with Crippen LogP contribution in [-0.2, 0) is 4.74 Å². The van der Waals surface area contributed by atoms with Crippen LogP contribution in [0.5, 0.6) is 0 Å². The van der Waals surface area contributed by atoms with Crippen molar-refractivity contribution in [3.63, 3.8) is 0 Å². The van der Waals surface area contributed by atoms with Crippen LogP contribution >= 0.6 is 0 Å². The average Bonchev–Trinajstić information content (AvgIpc) is 2.82. The van der Waals surface area contributed by atoms with Gasteiger partial charge >= 0.3 is 0 Å². The molecule has 1 saturated heterocycles. The van der Waals surface area contributed by atoms with Gasteiger partial charge in [0.25, 0.3) is 0 Å². The molecule has 0 amide bonds. The number of hydrogen-bond donors (Lipinski definition) is 2. The van der Waals surface area contributed by atoms with Crippen LogP contribution in [0.15, 0.2) is 4.99 Å². The molecule has 0 spiro atoms. The standard InChI is InChI=1S/C15H32N4O/c1-13(2)7-10-20-11-8-17-15(16-3)18-12-14-6-5-9-19(14)4/h13-14H,5-12H2,1-4H3,(H2,16,17,18). The molecule has 1 aliphatic rings. The van der Waals surface area contributed by atoms with Crippen molar-refractivity contribution < 1.29 is 4.74 Å². The number of rotatable bonds is 8. The lowest BCUT2D eigenvalue weighted by atomic mass is 10.1. The molecule has 0 aromatic rings. The zero-order valence-corrected chi connectivity index (χ0v) is 13.6. The van der Waals surface area contributed by atoms with Gasteiger partial charge in [-0.05, 0) is 38.8 Å². The molecule has 20 heavy (non-hydrogen) atoms. The normalized spacial score (nSPS) is 20.6. The molecule has 1 unspecified atom stereocenters. The van der Waals surface area contributed by atoms with E-state index in [-0.39, 0.29) is 0 Å². The minimum Gasteiger partial charge on any atom is -0.380 e. The summed E-state index contributed by atoms with van der Waals surface area (Å²) < 4.78 is 5.58. The molecule has 0 aromatic carbocycles. The second kappa shape index (κ2) is 10.00. The number of aliphatic imine (C=N–C) groups is 1. The molecule has 0 saturated carbocycles. The molecule has 0 aromatic heterocycles. The van der Waals surface area contributed by atoms with E-state index in [1.54, 1.807) is 0 Å². The summed E-state index contributed by atoms with van der Waals surface area (Å²) >= 11 is 0. The smallest absolute Gasteiger partial charge is 0.191 e. The number of hydrogen-bond acceptors (Lipinski definition) is 3. The van der Waals surface area contributed by atoms with E-state index >= 15 is 0 Å². The summed E-state index contributed by atoms with van der Waals surface area (Å²) in [4.78, 5) is 6.65. The van der Waals surface area contributed by atoms with E-state index in [4.69, 9.17) is 4.74 Å². The highest BCUT2D eigenvalue weighted by atomic mass is 16.5. The maximum atomic E-state index is 5.58. The van der Waals surface area contributed by atoms with E-state index < -0.39 is 0 Å². The van der Waals surface area contributed by atoms with Gasteiger partial charge in [-0.25, -0.2) is 0 Å². The van der Waals surface area contributed by atoms with Gasteiger partial charge in [-0.15, -0.1) is 0 Å². The summed E-state index contributed by atoms with van der Waals surface area (Å²) in [6.07, 6.45) is 3.71. The maximum absolute atomic E-state index is 5.58. The summed E-state index contributed by atoms with van der Waals surface area (Å²) in [5.74, 6) is 1.58. The Kier molecular flexibility index (Phi) is 8.62. The predicted octanol–water partition coefficient (Wildman–Crippen LogP) is 1.31. The number of likely N-dealkylation sites (N-methyl/N-ethyl adjacent to an activating group) is 1. The summed E-state index contributed by atoms with van der Waals surface area (Å²) in [5, 5.41) is 6.68. The summed E-state index contributed by atoms with van der Waals surface area (Å²) in [6, 6.07) is 0.635. The van der Waals surface area contributed by atoms with Crippen LogP contribution in [0.3, 0.4) is 0 Å². The van der Waals surface area contributed by atoms with Crippen molar-refractivity contribution in [3.8, 4) is 0 Å². The van der Waals surface area contributed by atoms with Crippen molar-refractivity contribution in [2.24, 2.45) is 10.9 Å². The van der Waals surface area contributed by atoms with E-state index in [0.29, 0.717) is 12.0 Å². The Bertz CT molecular complexity index is 281. The second-order valence-electron chi connectivity index (χ2n) is 5.95. The molecule has 5 nitrogen and oxygen atoms in total. The molecular formula is C15H32N4O. The fourth-order valence-corrected chi connectivity index (χ4v) is 2.33. The fourth-order valence-electron chi connectivity index (χ4n) is 2.33. The number of likely N-dealkylation sites (tertiary alicyclic amines) is 1. The zero-order chi connectivity index (χ0) is 14.8. The molecule has 0 bridgehead atoms. The summed E-state index contributed by atoms with van der Waals surface area (Å²) in [6.45, 7) is 8.99. The van der Waals surface area contributed by atoms with Gasteiger partial charge in [0.15, 0.2) is 5.96 Å². The molecule has 1 atom stereocenters. The maximum Gasteiger partial charge on any atom is 0.191 e. The highest BCUT2D eigenvalue weighted by Crippen LogP contribution is 2.13. The van der Waals surface area contributed by atoms with Gasteiger partial charge in [0.2, 0.25) is 0 Å². The molecule has 1 heterocycles. The van der Waals surface area contributed by atoms with Crippen molar-refractivity contribution in [1.82, 2.24) is 15.5 Å². The lowest BCUT2D eigenvalue weighted by Crippen LogP contribution is -2.44. The van der Waals surface area contributed by atoms with Crippen molar-refractivity contribution in [2.75, 3.05) is 46.9 Å². The van der Waals surface area contributed by atoms with Crippen molar-refractivity contribution >= 4 is 5.96 Å². The van der Waals surface area contributed by atoms with Gasteiger partial charge in [0.1, 0.15) is 0 Å². The minimum atomic E-state index is 0.635. The third-order valence-electron chi connectivity index (χ3n) is 3.78. The van der Waals surface area contributed by atoms with E-state index in [9.17, 15) is 0 Å². The molecule has 1 rings (SSSR count). The molecule has 0 radical (unpaired) electrons. The van der Waals surface area contributed by atoms with E-state index in [1.807, 2.05) is 7.05 Å². The van der Waals surface area contributed by atoms with Gasteiger partial charge in [0.05, 0.1) is 6.61 Å². The summed E-state index contributed by atoms with van der Waals surface area (Å²) in [5.41, 5.74) is 0. The van der Waals surface area contributed by atoms with E-state index in [2.05, 4.69) is 41.4 Å². The molecule has 0 aliphatic carbocycles. The number of nitrogens with one attached hydrogen (secondary N) is 2. The van der Waals surface area contributed by atoms with Crippen molar-refractivity contribution in [3.05, 3.63) is 0 Å². The monoisotopic (exact) mass is 284 g/mol. The Morgan fingerprint density at radius 1 is 1.35 bits per heavy atom. The number of nitrogens with zero attached hydrogens (tertiary/aromatic N) is 2. The summed E-state index contributed by atoms with van der Waals surface area (Å²) in [7, 11) is 4.01. The minimum absolute atomic E-state index is 0.635. The SMILES string of the molecule is CN=C(NCCOCCC(C)C)NCC1CCCN1C. The average molecular weight is 284 g/mol. The first-order chi connectivity index (χ1) is 9.63. The fraction of sp³-hybridized carbons (Fsp3) is 0.933. The van der Waals surface area contributed by atoms with Gasteiger partial charge in [-0.3, -0.25) is 4.99 Å². The third kappa shape index (κ3) is 7.10. The predicted molar refractivity (Wildman–Crippen MR) is 85.3 cm³/mol. The Morgan fingerprint density at radius 2 is 2.15 bits per heavy atom. The number of ether oxygens (including phenoxy) is 1. The Hall–Kier alpha value is -0.810. The van der Waals surface area contributed by atoms with Crippen LogP contribution < -0.4 is 10.6 Å². The van der Waals surface area contributed by atoms with E-state index in [1.165, 1.54) is 19.4 Å². The highest BCUT2D eigenvalue weighted by molar-refractivity contribution is 5.79. The quantitative estimate of drug-likeness (QED) is 0.401. The lowest BCUT2D eigenvalue weighted by Gasteiger charge is -2.21. The third-order valence-corrected chi connectivity index (χ3v) is 3.78. The Balaban J connectivity index is 2.05. The first kappa shape index (κ1) is 17.2. The Morgan fingerprint density at radius 3 is 2.75 bits per heavy atom. The highest BCUT2D eigenvalue weighted by Gasteiger charge is 2.20. The molecule has 1 aliphatic heterocycles. The lowest BCUT2D eigenvalue weighted by molar-refractivity contribution is 0.128. The van der Waals surface area contributed by atoms with Crippen LogP contribution in [0.25, 0.3) is 0 Å². The topological polar surface area (TPSA) is 48.9 Å². The van der Waals surface area contributed by atoms with Crippen LogP contribution in [-0.4, -0.2) is 63.8 Å².